The van der Waals surface area contributed by atoms with Gasteiger partial charge in [-0.2, -0.15) is 0 Å². The summed E-state index contributed by atoms with van der Waals surface area (Å²) in [6.45, 7) is 2.62. The fraction of sp³-hybridized carbons (Fsp3) is 0.538. The second-order valence-corrected chi connectivity index (χ2v) is 4.67. The zero-order valence-corrected chi connectivity index (χ0v) is 11.1. The van der Waals surface area contributed by atoms with Gasteiger partial charge in [-0.05, 0) is 31.9 Å². The van der Waals surface area contributed by atoms with Crippen molar-refractivity contribution in [2.75, 3.05) is 19.0 Å². The van der Waals surface area contributed by atoms with Crippen molar-refractivity contribution in [2.45, 2.75) is 32.0 Å². The summed E-state index contributed by atoms with van der Waals surface area (Å²) in [6.07, 6.45) is 2.42. The molecule has 1 N–H and O–H groups in total. The van der Waals surface area contributed by atoms with Crippen LogP contribution >= 0.6 is 0 Å². The van der Waals surface area contributed by atoms with Gasteiger partial charge in [0.05, 0.1) is 30.3 Å². The topological polar surface area (TPSA) is 73.6 Å². The molecule has 2 atom stereocenters. The van der Waals surface area contributed by atoms with E-state index in [1.165, 1.54) is 13.2 Å². The molecule has 1 aliphatic rings. The lowest BCUT2D eigenvalue weighted by atomic mass is 10.2. The van der Waals surface area contributed by atoms with Crippen LogP contribution in [0.15, 0.2) is 18.2 Å². The van der Waals surface area contributed by atoms with E-state index in [4.69, 9.17) is 9.47 Å². The highest BCUT2D eigenvalue weighted by molar-refractivity contribution is 5.63. The molecule has 19 heavy (non-hydrogen) atoms. The fourth-order valence-corrected chi connectivity index (χ4v) is 2.20. The maximum atomic E-state index is 11.0. The molecule has 6 nitrogen and oxygen atoms in total. The van der Waals surface area contributed by atoms with Gasteiger partial charge in [-0.3, -0.25) is 10.1 Å². The molecule has 104 valence electrons. The minimum atomic E-state index is -0.414. The van der Waals surface area contributed by atoms with E-state index < -0.39 is 4.92 Å². The van der Waals surface area contributed by atoms with E-state index in [-0.39, 0.29) is 17.9 Å². The minimum Gasteiger partial charge on any atom is -0.496 e. The van der Waals surface area contributed by atoms with Crippen LogP contribution in [0.3, 0.4) is 0 Å². The molecule has 1 aromatic carbocycles. The molecule has 2 rings (SSSR count). The average molecular weight is 266 g/mol. The Balaban J connectivity index is 2.04. The number of nitrogens with one attached hydrogen (secondary N) is 1. The molecule has 0 radical (unpaired) electrons. The highest BCUT2D eigenvalue weighted by Gasteiger charge is 2.22. The van der Waals surface area contributed by atoms with Crippen LogP contribution in [-0.2, 0) is 4.74 Å². The maximum absolute atomic E-state index is 11.0. The van der Waals surface area contributed by atoms with Crippen LogP contribution in [0, 0.1) is 10.1 Å². The molecular formula is C13H18N2O4. The number of hydrogen-bond acceptors (Lipinski definition) is 5. The lowest BCUT2D eigenvalue weighted by Gasteiger charge is -2.13. The highest BCUT2D eigenvalue weighted by atomic mass is 16.6. The largest absolute Gasteiger partial charge is 0.496 e. The monoisotopic (exact) mass is 266 g/mol. The Labute approximate surface area is 111 Å². The number of nitro groups is 1. The van der Waals surface area contributed by atoms with Crippen molar-refractivity contribution in [2.24, 2.45) is 0 Å². The molecule has 1 saturated heterocycles. The van der Waals surface area contributed by atoms with Crippen molar-refractivity contribution >= 4 is 11.4 Å². The summed E-state index contributed by atoms with van der Waals surface area (Å²) in [6, 6.07) is 4.78. The fourth-order valence-electron chi connectivity index (χ4n) is 2.20. The predicted octanol–water partition coefficient (Wildman–Crippen LogP) is 2.58. The Morgan fingerprint density at radius 1 is 1.53 bits per heavy atom. The van der Waals surface area contributed by atoms with Crippen molar-refractivity contribution in [1.29, 1.82) is 0 Å². The minimum absolute atomic E-state index is 0.0189. The molecule has 0 saturated carbocycles. The molecule has 0 aliphatic carbocycles. The number of benzene rings is 1. The first-order chi connectivity index (χ1) is 9.10. The molecule has 1 aliphatic heterocycles. The first-order valence-electron chi connectivity index (χ1n) is 6.32. The van der Waals surface area contributed by atoms with E-state index in [0.717, 1.165) is 12.8 Å². The van der Waals surface area contributed by atoms with Crippen LogP contribution in [-0.4, -0.2) is 30.8 Å². The van der Waals surface area contributed by atoms with Crippen LogP contribution in [0.2, 0.25) is 0 Å². The third-order valence-electron chi connectivity index (χ3n) is 3.24. The van der Waals surface area contributed by atoms with Crippen molar-refractivity contribution in [3.8, 4) is 5.75 Å². The van der Waals surface area contributed by atoms with Crippen molar-refractivity contribution in [3.63, 3.8) is 0 Å². The number of nitro benzene ring substituents is 1. The summed E-state index contributed by atoms with van der Waals surface area (Å²) in [7, 11) is 1.49. The van der Waals surface area contributed by atoms with Gasteiger partial charge in [0.1, 0.15) is 11.4 Å². The molecule has 0 spiro atoms. The lowest BCUT2D eigenvalue weighted by molar-refractivity contribution is -0.384. The second-order valence-electron chi connectivity index (χ2n) is 4.67. The highest BCUT2D eigenvalue weighted by Crippen LogP contribution is 2.29. The zero-order chi connectivity index (χ0) is 13.8. The number of ether oxygens (including phenoxy) is 2. The molecule has 6 heteroatoms. The van der Waals surface area contributed by atoms with Crippen LogP contribution in [0.1, 0.15) is 19.8 Å². The molecular weight excluding hydrogens is 248 g/mol. The van der Waals surface area contributed by atoms with Gasteiger partial charge in [-0.1, -0.05) is 0 Å². The Hall–Kier alpha value is -1.82. The number of hydrogen-bond donors (Lipinski definition) is 1. The first kappa shape index (κ1) is 13.6. The van der Waals surface area contributed by atoms with Gasteiger partial charge in [0.25, 0.3) is 5.69 Å². The average Bonchev–Trinajstić information content (AvgIpc) is 2.82. The first-order valence-corrected chi connectivity index (χ1v) is 6.32. The summed E-state index contributed by atoms with van der Waals surface area (Å²) < 4.78 is 10.7. The van der Waals surface area contributed by atoms with Gasteiger partial charge in [-0.15, -0.1) is 0 Å². The van der Waals surface area contributed by atoms with Crippen molar-refractivity contribution in [3.05, 3.63) is 28.3 Å². The Bertz CT molecular complexity index is 464. The molecule has 1 fully saturated rings. The van der Waals surface area contributed by atoms with Gasteiger partial charge in [0, 0.05) is 6.54 Å². The van der Waals surface area contributed by atoms with Gasteiger partial charge >= 0.3 is 0 Å². The second kappa shape index (κ2) is 5.88. The molecule has 2 unspecified atom stereocenters. The zero-order valence-electron chi connectivity index (χ0n) is 11.1. The standard InChI is InChI=1S/C13H18N2O4/c1-9-3-4-11(19-9)8-14-12-6-5-10(18-2)7-13(12)15(16)17/h5-7,9,11,14H,3-4,8H2,1-2H3. The van der Waals surface area contributed by atoms with E-state index in [2.05, 4.69) is 5.32 Å². The summed E-state index contributed by atoms with van der Waals surface area (Å²) in [5, 5.41) is 14.1. The van der Waals surface area contributed by atoms with Gasteiger partial charge in [0.2, 0.25) is 0 Å². The third-order valence-corrected chi connectivity index (χ3v) is 3.24. The molecule has 1 heterocycles. The van der Waals surface area contributed by atoms with E-state index in [9.17, 15) is 10.1 Å². The molecule has 0 bridgehead atoms. The summed E-state index contributed by atoms with van der Waals surface area (Å²) in [4.78, 5) is 10.6. The Kier molecular flexibility index (Phi) is 4.21. The molecule has 0 amide bonds. The summed E-state index contributed by atoms with van der Waals surface area (Å²) in [5.74, 6) is 0.475. The van der Waals surface area contributed by atoms with Crippen molar-refractivity contribution in [1.82, 2.24) is 0 Å². The van der Waals surface area contributed by atoms with E-state index in [1.807, 2.05) is 6.92 Å². The van der Waals surface area contributed by atoms with Crippen LogP contribution in [0.4, 0.5) is 11.4 Å². The SMILES string of the molecule is COc1ccc(NCC2CCC(C)O2)c([N+](=O)[O-])c1. The number of nitrogens with zero attached hydrogens (tertiary/aromatic N) is 1. The number of methoxy groups -OCH3 is 1. The van der Waals surface area contributed by atoms with Gasteiger partial charge < -0.3 is 14.8 Å². The maximum Gasteiger partial charge on any atom is 0.296 e. The quantitative estimate of drug-likeness (QED) is 0.655. The van der Waals surface area contributed by atoms with Crippen molar-refractivity contribution < 1.29 is 14.4 Å². The normalized spacial score (nSPS) is 22.2. The molecule has 1 aromatic rings. The lowest BCUT2D eigenvalue weighted by Crippen LogP contribution is -2.20. The molecule has 0 aromatic heterocycles. The predicted molar refractivity (Wildman–Crippen MR) is 71.7 cm³/mol. The number of anilines is 1. The van der Waals surface area contributed by atoms with Gasteiger partial charge in [0.15, 0.2) is 0 Å². The summed E-state index contributed by atoms with van der Waals surface area (Å²) in [5.41, 5.74) is 0.513. The third kappa shape index (κ3) is 3.35. The summed E-state index contributed by atoms with van der Waals surface area (Å²) >= 11 is 0. The Morgan fingerprint density at radius 3 is 2.89 bits per heavy atom. The van der Waals surface area contributed by atoms with Gasteiger partial charge in [-0.25, -0.2) is 0 Å². The van der Waals surface area contributed by atoms with Crippen LogP contribution in [0.25, 0.3) is 0 Å². The van der Waals surface area contributed by atoms with E-state index in [1.54, 1.807) is 12.1 Å². The smallest absolute Gasteiger partial charge is 0.296 e. The van der Waals surface area contributed by atoms with Crippen LogP contribution in [0.5, 0.6) is 5.75 Å². The Morgan fingerprint density at radius 2 is 2.32 bits per heavy atom. The van der Waals surface area contributed by atoms with E-state index in [0.29, 0.717) is 18.0 Å². The number of rotatable bonds is 5. The van der Waals surface area contributed by atoms with E-state index >= 15 is 0 Å². The van der Waals surface area contributed by atoms with Crippen LogP contribution < -0.4 is 10.1 Å².